The van der Waals surface area contributed by atoms with Gasteiger partial charge in [-0.05, 0) is 6.92 Å². The summed E-state index contributed by atoms with van der Waals surface area (Å²) < 4.78 is 10.5. The molecule has 0 radical (unpaired) electrons. The maximum absolute atomic E-state index is 5.26. The largest absolute Gasteiger partial charge is 0.383 e. The van der Waals surface area contributed by atoms with Gasteiger partial charge >= 0.3 is 0 Å². The van der Waals surface area contributed by atoms with E-state index in [1.54, 1.807) is 25.6 Å². The second-order valence-corrected chi connectivity index (χ2v) is 6.48. The number of ether oxygens (including phenoxy) is 2. The van der Waals surface area contributed by atoms with Gasteiger partial charge < -0.3 is 14.8 Å². The fourth-order valence-corrected chi connectivity index (χ4v) is 2.75. The number of methoxy groups -OCH3 is 2. The Morgan fingerprint density at radius 1 is 1.29 bits per heavy atom. The Bertz CT molecular complexity index is 385. The Balaban J connectivity index is 2.56. The quantitative estimate of drug-likeness (QED) is 0.678. The summed E-state index contributed by atoms with van der Waals surface area (Å²) >= 11 is 1.72. The molecule has 1 unspecified atom stereocenters. The Labute approximate surface area is 132 Å². The highest BCUT2D eigenvalue weighted by Gasteiger charge is 2.15. The summed E-state index contributed by atoms with van der Waals surface area (Å²) in [5, 5.41) is 6.69. The van der Waals surface area contributed by atoms with Crippen LogP contribution in [0.25, 0.3) is 0 Å². The second kappa shape index (κ2) is 10.2. The topological polar surface area (TPSA) is 46.6 Å². The van der Waals surface area contributed by atoms with Crippen LogP contribution in [0, 0.1) is 0 Å². The molecule has 0 aliphatic carbocycles. The number of rotatable bonds is 11. The maximum Gasteiger partial charge on any atom is 0.107 e. The van der Waals surface area contributed by atoms with E-state index in [9.17, 15) is 0 Å². The second-order valence-electron chi connectivity index (χ2n) is 5.54. The standard InChI is InChI=1S/C15H29N3O2S/c1-12(2)16-8-15-17-14(11-21-15)9-18(6-7-19-4)13(3)10-20-5/h11-13,16H,6-10H2,1-5H3. The van der Waals surface area contributed by atoms with Crippen molar-refractivity contribution in [1.29, 1.82) is 0 Å². The van der Waals surface area contributed by atoms with Crippen molar-refractivity contribution >= 4 is 11.3 Å². The first-order valence-electron chi connectivity index (χ1n) is 7.45. The van der Waals surface area contributed by atoms with Gasteiger partial charge in [-0.15, -0.1) is 11.3 Å². The van der Waals surface area contributed by atoms with Crippen LogP contribution >= 0.6 is 11.3 Å². The number of nitrogens with one attached hydrogen (secondary N) is 1. The van der Waals surface area contributed by atoms with E-state index in [0.29, 0.717) is 12.1 Å². The molecule has 1 aromatic heterocycles. The lowest BCUT2D eigenvalue weighted by atomic mass is 10.2. The molecule has 0 fully saturated rings. The Kier molecular flexibility index (Phi) is 9.03. The SMILES string of the molecule is COCCN(Cc1csc(CNC(C)C)n1)C(C)COC. The number of thiazole rings is 1. The minimum absolute atomic E-state index is 0.351. The molecule has 0 aromatic carbocycles. The highest BCUT2D eigenvalue weighted by Crippen LogP contribution is 2.13. The maximum atomic E-state index is 5.26. The van der Waals surface area contributed by atoms with Crippen LogP contribution < -0.4 is 5.32 Å². The average molecular weight is 315 g/mol. The third kappa shape index (κ3) is 7.33. The molecule has 21 heavy (non-hydrogen) atoms. The monoisotopic (exact) mass is 315 g/mol. The Hall–Kier alpha value is -0.530. The van der Waals surface area contributed by atoms with E-state index in [4.69, 9.17) is 14.5 Å². The lowest BCUT2D eigenvalue weighted by Crippen LogP contribution is -2.38. The van der Waals surface area contributed by atoms with Gasteiger partial charge in [-0.1, -0.05) is 13.8 Å². The first kappa shape index (κ1) is 18.5. The molecular formula is C15H29N3O2S. The van der Waals surface area contributed by atoms with Gasteiger partial charge in [0.2, 0.25) is 0 Å². The van der Waals surface area contributed by atoms with Crippen LogP contribution in [0.3, 0.4) is 0 Å². The van der Waals surface area contributed by atoms with E-state index in [-0.39, 0.29) is 0 Å². The van der Waals surface area contributed by atoms with Gasteiger partial charge in [0.1, 0.15) is 5.01 Å². The first-order chi connectivity index (χ1) is 10.1. The predicted molar refractivity (Wildman–Crippen MR) is 87.7 cm³/mol. The highest BCUT2D eigenvalue weighted by molar-refractivity contribution is 7.09. The smallest absolute Gasteiger partial charge is 0.107 e. The van der Waals surface area contributed by atoms with Crippen LogP contribution in [-0.4, -0.2) is 55.9 Å². The molecule has 1 N–H and O–H groups in total. The number of hydrogen-bond acceptors (Lipinski definition) is 6. The molecule has 0 spiro atoms. The molecule has 1 atom stereocenters. The van der Waals surface area contributed by atoms with Gasteiger partial charge in [0, 0.05) is 51.3 Å². The summed E-state index contributed by atoms with van der Waals surface area (Å²) in [5.41, 5.74) is 1.12. The van der Waals surface area contributed by atoms with Crippen LogP contribution in [-0.2, 0) is 22.6 Å². The number of aromatic nitrogens is 1. The van der Waals surface area contributed by atoms with E-state index in [1.807, 2.05) is 0 Å². The van der Waals surface area contributed by atoms with Gasteiger partial charge in [0.15, 0.2) is 0 Å². The van der Waals surface area contributed by atoms with Crippen molar-refractivity contribution in [3.05, 3.63) is 16.1 Å². The van der Waals surface area contributed by atoms with Gasteiger partial charge in [0.25, 0.3) is 0 Å². The van der Waals surface area contributed by atoms with Gasteiger partial charge in [-0.25, -0.2) is 4.98 Å². The highest BCUT2D eigenvalue weighted by atomic mass is 32.1. The van der Waals surface area contributed by atoms with Crippen molar-refractivity contribution in [1.82, 2.24) is 15.2 Å². The van der Waals surface area contributed by atoms with Crippen molar-refractivity contribution in [3.63, 3.8) is 0 Å². The van der Waals surface area contributed by atoms with E-state index in [0.717, 1.165) is 43.5 Å². The summed E-state index contributed by atoms with van der Waals surface area (Å²) in [7, 11) is 3.47. The van der Waals surface area contributed by atoms with Gasteiger partial charge in [-0.2, -0.15) is 0 Å². The van der Waals surface area contributed by atoms with E-state index in [2.05, 4.69) is 36.4 Å². The minimum Gasteiger partial charge on any atom is -0.383 e. The molecule has 6 heteroatoms. The summed E-state index contributed by atoms with van der Waals surface area (Å²) in [6.45, 7) is 10.5. The molecule has 0 saturated heterocycles. The van der Waals surface area contributed by atoms with Crippen LogP contribution in [0.15, 0.2) is 5.38 Å². The lowest BCUT2D eigenvalue weighted by Gasteiger charge is -2.27. The first-order valence-corrected chi connectivity index (χ1v) is 8.33. The van der Waals surface area contributed by atoms with Crippen molar-refractivity contribution in [2.75, 3.05) is 34.0 Å². The fourth-order valence-electron chi connectivity index (χ4n) is 2.01. The third-order valence-electron chi connectivity index (χ3n) is 3.24. The summed E-state index contributed by atoms with van der Waals surface area (Å²) in [6, 6.07) is 0.835. The Morgan fingerprint density at radius 3 is 2.67 bits per heavy atom. The zero-order valence-electron chi connectivity index (χ0n) is 13.9. The molecule has 5 nitrogen and oxygen atoms in total. The summed E-state index contributed by atoms with van der Waals surface area (Å²) in [5.74, 6) is 0. The van der Waals surface area contributed by atoms with Crippen molar-refractivity contribution in [3.8, 4) is 0 Å². The zero-order chi connectivity index (χ0) is 15.7. The molecule has 1 heterocycles. The van der Waals surface area contributed by atoms with Crippen LogP contribution in [0.4, 0.5) is 0 Å². The lowest BCUT2D eigenvalue weighted by molar-refractivity contribution is 0.0698. The van der Waals surface area contributed by atoms with Gasteiger partial charge in [-0.3, -0.25) is 4.90 Å². The van der Waals surface area contributed by atoms with Gasteiger partial charge in [0.05, 0.1) is 18.9 Å². The van der Waals surface area contributed by atoms with E-state index >= 15 is 0 Å². The molecule has 1 aromatic rings. The predicted octanol–water partition coefficient (Wildman–Crippen LogP) is 2.12. The molecule has 0 amide bonds. The third-order valence-corrected chi connectivity index (χ3v) is 4.14. The Morgan fingerprint density at radius 2 is 2.05 bits per heavy atom. The van der Waals surface area contributed by atoms with E-state index < -0.39 is 0 Å². The van der Waals surface area contributed by atoms with Crippen molar-refractivity contribution < 1.29 is 9.47 Å². The van der Waals surface area contributed by atoms with Crippen LogP contribution in [0.2, 0.25) is 0 Å². The van der Waals surface area contributed by atoms with Crippen molar-refractivity contribution in [2.45, 2.75) is 45.9 Å². The molecule has 0 aliphatic rings. The molecular weight excluding hydrogens is 286 g/mol. The van der Waals surface area contributed by atoms with Crippen LogP contribution in [0.1, 0.15) is 31.5 Å². The fraction of sp³-hybridized carbons (Fsp3) is 0.800. The molecule has 0 bridgehead atoms. The average Bonchev–Trinajstić information content (AvgIpc) is 2.89. The zero-order valence-corrected chi connectivity index (χ0v) is 14.7. The van der Waals surface area contributed by atoms with Crippen molar-refractivity contribution in [2.24, 2.45) is 0 Å². The van der Waals surface area contributed by atoms with E-state index in [1.165, 1.54) is 0 Å². The summed E-state index contributed by atoms with van der Waals surface area (Å²) in [6.07, 6.45) is 0. The van der Waals surface area contributed by atoms with Crippen LogP contribution in [0.5, 0.6) is 0 Å². The molecule has 0 saturated carbocycles. The molecule has 1 rings (SSSR count). The number of nitrogens with zero attached hydrogens (tertiary/aromatic N) is 2. The molecule has 122 valence electrons. The summed E-state index contributed by atoms with van der Waals surface area (Å²) in [4.78, 5) is 7.05. The molecule has 0 aliphatic heterocycles. The number of hydrogen-bond donors (Lipinski definition) is 1. The normalized spacial score (nSPS) is 13.3. The minimum atomic E-state index is 0.351.